The first-order valence-electron chi connectivity index (χ1n) is 9.48. The number of aromatic nitrogens is 5. The summed E-state index contributed by atoms with van der Waals surface area (Å²) < 4.78 is 1.96. The Balaban J connectivity index is 1.35. The molecule has 1 aliphatic heterocycles. The molecule has 1 fully saturated rings. The summed E-state index contributed by atoms with van der Waals surface area (Å²) >= 11 is 0. The zero-order valence-electron chi connectivity index (χ0n) is 15.6. The molecule has 0 bridgehead atoms. The van der Waals surface area contributed by atoms with Gasteiger partial charge in [0.05, 0.1) is 18.1 Å². The van der Waals surface area contributed by atoms with Crippen molar-refractivity contribution in [3.05, 3.63) is 60.8 Å². The van der Waals surface area contributed by atoms with Crippen molar-refractivity contribution in [2.24, 2.45) is 0 Å². The highest BCUT2D eigenvalue weighted by atomic mass is 16.1. The van der Waals surface area contributed by atoms with E-state index >= 15 is 0 Å². The third-order valence-electron chi connectivity index (χ3n) is 5.03. The number of carbonyl (C=O) groups is 1. The van der Waals surface area contributed by atoms with Gasteiger partial charge in [-0.05, 0) is 37.2 Å². The van der Waals surface area contributed by atoms with Crippen LogP contribution in [0.4, 0.5) is 11.5 Å². The summed E-state index contributed by atoms with van der Waals surface area (Å²) in [7, 11) is 0. The Kier molecular flexibility index (Phi) is 4.41. The van der Waals surface area contributed by atoms with Crippen LogP contribution in [0.3, 0.4) is 0 Å². The highest BCUT2D eigenvalue weighted by Gasteiger charge is 2.17. The molecule has 1 amide bonds. The average molecular weight is 388 g/mol. The summed E-state index contributed by atoms with van der Waals surface area (Å²) in [6.45, 7) is 1.77. The van der Waals surface area contributed by atoms with Crippen LogP contribution < -0.4 is 16.0 Å². The molecular formula is C20H20N8O. The third kappa shape index (κ3) is 3.43. The Morgan fingerprint density at radius 2 is 2.07 bits per heavy atom. The van der Waals surface area contributed by atoms with Crippen LogP contribution in [-0.2, 0) is 0 Å². The minimum Gasteiger partial charge on any atom is -0.348 e. The number of hydrogen-bond acceptors (Lipinski definition) is 6. The normalized spacial score (nSPS) is 16.2. The van der Waals surface area contributed by atoms with Crippen molar-refractivity contribution in [1.82, 2.24) is 35.2 Å². The Bertz CT molecular complexity index is 1130. The number of rotatable bonds is 5. The monoisotopic (exact) mass is 388 g/mol. The molecule has 5 rings (SSSR count). The van der Waals surface area contributed by atoms with E-state index in [4.69, 9.17) is 0 Å². The standard InChI is InChI=1S/C20H20N8O/c29-20(27-16-5-6-21-11-16)13-1-3-15(4-2-13)26-18-19-22-7-8-28(19)17(12-23-18)14-9-24-25-10-14/h1-4,7-10,12,16,21H,5-6,11H2,(H,23,26)(H,24,25)(H,27,29). The number of amides is 1. The molecule has 0 spiro atoms. The smallest absolute Gasteiger partial charge is 0.251 e. The van der Waals surface area contributed by atoms with Crippen molar-refractivity contribution in [3.8, 4) is 11.3 Å². The Morgan fingerprint density at radius 3 is 2.83 bits per heavy atom. The van der Waals surface area contributed by atoms with E-state index in [9.17, 15) is 4.79 Å². The lowest BCUT2D eigenvalue weighted by molar-refractivity contribution is 0.0940. The maximum absolute atomic E-state index is 12.4. The number of hydrogen-bond donors (Lipinski definition) is 4. The van der Waals surface area contributed by atoms with E-state index < -0.39 is 0 Å². The fourth-order valence-electron chi connectivity index (χ4n) is 3.50. The van der Waals surface area contributed by atoms with Gasteiger partial charge in [0.15, 0.2) is 11.5 Å². The molecule has 4 heterocycles. The predicted molar refractivity (Wildman–Crippen MR) is 109 cm³/mol. The highest BCUT2D eigenvalue weighted by molar-refractivity contribution is 5.94. The van der Waals surface area contributed by atoms with E-state index in [1.165, 1.54) is 0 Å². The zero-order valence-corrected chi connectivity index (χ0v) is 15.6. The van der Waals surface area contributed by atoms with Gasteiger partial charge < -0.3 is 16.0 Å². The van der Waals surface area contributed by atoms with E-state index in [1.807, 2.05) is 41.1 Å². The summed E-state index contributed by atoms with van der Waals surface area (Å²) in [6, 6.07) is 7.55. The van der Waals surface area contributed by atoms with Gasteiger partial charge in [-0.3, -0.25) is 14.3 Å². The van der Waals surface area contributed by atoms with Gasteiger partial charge in [-0.15, -0.1) is 0 Å². The van der Waals surface area contributed by atoms with Crippen LogP contribution in [0.25, 0.3) is 16.9 Å². The molecule has 3 aromatic heterocycles. The van der Waals surface area contributed by atoms with Crippen LogP contribution in [-0.4, -0.2) is 49.6 Å². The summed E-state index contributed by atoms with van der Waals surface area (Å²) in [5.74, 6) is 0.583. The first-order valence-corrected chi connectivity index (χ1v) is 9.48. The summed E-state index contributed by atoms with van der Waals surface area (Å²) in [5, 5.41) is 16.4. The van der Waals surface area contributed by atoms with Crippen LogP contribution in [0.2, 0.25) is 0 Å². The third-order valence-corrected chi connectivity index (χ3v) is 5.03. The molecule has 4 N–H and O–H groups in total. The average Bonchev–Trinajstić information content (AvgIpc) is 3.51. The topological polar surface area (TPSA) is 112 Å². The van der Waals surface area contributed by atoms with E-state index in [0.29, 0.717) is 17.0 Å². The van der Waals surface area contributed by atoms with Gasteiger partial charge in [0.1, 0.15) is 0 Å². The Labute approximate surface area is 166 Å². The largest absolute Gasteiger partial charge is 0.348 e. The SMILES string of the molecule is O=C(NC1CCNC1)c1ccc(Nc2ncc(-c3cn[nH]c3)n3ccnc23)cc1. The number of aromatic amines is 1. The van der Waals surface area contributed by atoms with E-state index in [1.54, 1.807) is 18.6 Å². The number of anilines is 2. The van der Waals surface area contributed by atoms with Gasteiger partial charge in [-0.2, -0.15) is 5.10 Å². The van der Waals surface area contributed by atoms with Crippen LogP contribution in [0.1, 0.15) is 16.8 Å². The quantitative estimate of drug-likeness (QED) is 0.416. The highest BCUT2D eigenvalue weighted by Crippen LogP contribution is 2.24. The minimum absolute atomic E-state index is 0.0523. The van der Waals surface area contributed by atoms with Crippen molar-refractivity contribution in [2.75, 3.05) is 18.4 Å². The Hall–Kier alpha value is -3.72. The zero-order chi connectivity index (χ0) is 19.6. The second-order valence-electron chi connectivity index (χ2n) is 6.97. The molecule has 1 atom stereocenters. The molecule has 1 unspecified atom stereocenters. The number of imidazole rings is 1. The number of nitrogens with one attached hydrogen (secondary N) is 4. The summed E-state index contributed by atoms with van der Waals surface area (Å²) in [5.41, 5.74) is 4.00. The molecule has 9 nitrogen and oxygen atoms in total. The van der Waals surface area contributed by atoms with Gasteiger partial charge in [0, 0.05) is 48.0 Å². The molecule has 146 valence electrons. The number of H-pyrrole nitrogens is 1. The molecule has 29 heavy (non-hydrogen) atoms. The number of benzene rings is 1. The van der Waals surface area contributed by atoms with Crippen LogP contribution in [0.5, 0.6) is 0 Å². The van der Waals surface area contributed by atoms with Crippen molar-refractivity contribution in [3.63, 3.8) is 0 Å². The maximum atomic E-state index is 12.4. The number of nitrogens with zero attached hydrogens (tertiary/aromatic N) is 4. The van der Waals surface area contributed by atoms with Crippen LogP contribution in [0, 0.1) is 0 Å². The van der Waals surface area contributed by atoms with Gasteiger partial charge >= 0.3 is 0 Å². The summed E-state index contributed by atoms with van der Waals surface area (Å²) in [4.78, 5) is 21.3. The second kappa shape index (κ2) is 7.36. The van der Waals surface area contributed by atoms with Crippen LogP contribution >= 0.6 is 0 Å². The number of carbonyl (C=O) groups excluding carboxylic acids is 1. The van der Waals surface area contributed by atoms with Gasteiger partial charge in [0.2, 0.25) is 0 Å². The van der Waals surface area contributed by atoms with E-state index in [0.717, 1.165) is 36.5 Å². The maximum Gasteiger partial charge on any atom is 0.251 e. The lowest BCUT2D eigenvalue weighted by Crippen LogP contribution is -2.36. The second-order valence-corrected chi connectivity index (χ2v) is 6.97. The van der Waals surface area contributed by atoms with Crippen molar-refractivity contribution >= 4 is 23.1 Å². The molecule has 0 radical (unpaired) electrons. The first-order chi connectivity index (χ1) is 14.3. The summed E-state index contributed by atoms with van der Waals surface area (Å²) in [6.07, 6.45) is 9.92. The molecular weight excluding hydrogens is 368 g/mol. The fourth-order valence-corrected chi connectivity index (χ4v) is 3.50. The van der Waals surface area contributed by atoms with Crippen molar-refractivity contribution < 1.29 is 4.79 Å². The number of fused-ring (bicyclic) bond motifs is 1. The molecule has 9 heteroatoms. The van der Waals surface area contributed by atoms with E-state index in [-0.39, 0.29) is 11.9 Å². The molecule has 4 aromatic rings. The fraction of sp³-hybridized carbons (Fsp3) is 0.200. The van der Waals surface area contributed by atoms with Crippen LogP contribution in [0.15, 0.2) is 55.2 Å². The Morgan fingerprint density at radius 1 is 1.17 bits per heavy atom. The lowest BCUT2D eigenvalue weighted by atomic mass is 10.1. The van der Waals surface area contributed by atoms with Gasteiger partial charge in [-0.25, -0.2) is 9.97 Å². The predicted octanol–water partition coefficient (Wildman–Crippen LogP) is 1.95. The molecule has 1 aromatic carbocycles. The first kappa shape index (κ1) is 17.4. The minimum atomic E-state index is -0.0523. The molecule has 0 saturated carbocycles. The van der Waals surface area contributed by atoms with E-state index in [2.05, 4.69) is 36.1 Å². The molecule has 0 aliphatic carbocycles. The lowest BCUT2D eigenvalue weighted by Gasteiger charge is -2.12. The van der Waals surface area contributed by atoms with Crippen molar-refractivity contribution in [1.29, 1.82) is 0 Å². The van der Waals surface area contributed by atoms with Gasteiger partial charge in [-0.1, -0.05) is 0 Å². The molecule has 1 aliphatic rings. The van der Waals surface area contributed by atoms with Crippen molar-refractivity contribution in [2.45, 2.75) is 12.5 Å². The van der Waals surface area contributed by atoms with Gasteiger partial charge in [0.25, 0.3) is 5.91 Å². The molecule has 1 saturated heterocycles.